The summed E-state index contributed by atoms with van der Waals surface area (Å²) >= 11 is 5.85. The second-order valence-corrected chi connectivity index (χ2v) is 8.34. The van der Waals surface area contributed by atoms with Crippen molar-refractivity contribution in [1.29, 1.82) is 0 Å². The predicted molar refractivity (Wildman–Crippen MR) is 95.7 cm³/mol. The number of nitrogens with one attached hydrogen (secondary N) is 2. The molecule has 1 atom stereocenters. The first-order valence-electron chi connectivity index (χ1n) is 8.09. The van der Waals surface area contributed by atoms with Crippen molar-refractivity contribution in [2.75, 3.05) is 25.9 Å². The molecular weight excluding hydrogens is 350 g/mol. The Labute approximate surface area is 148 Å². The highest BCUT2D eigenvalue weighted by molar-refractivity contribution is 7.88. The molecule has 1 heterocycles. The van der Waals surface area contributed by atoms with Gasteiger partial charge in [0.25, 0.3) is 0 Å². The van der Waals surface area contributed by atoms with Crippen molar-refractivity contribution in [3.63, 3.8) is 0 Å². The summed E-state index contributed by atoms with van der Waals surface area (Å²) in [7, 11) is -3.25. The molecule has 2 amide bonds. The smallest absolute Gasteiger partial charge is 0.317 e. The highest BCUT2D eigenvalue weighted by atomic mass is 35.5. The second kappa shape index (κ2) is 8.69. The van der Waals surface area contributed by atoms with Crippen LogP contribution in [0.15, 0.2) is 24.3 Å². The molecule has 6 nitrogen and oxygen atoms in total. The van der Waals surface area contributed by atoms with E-state index in [4.69, 9.17) is 11.6 Å². The summed E-state index contributed by atoms with van der Waals surface area (Å²) in [6.45, 7) is 1.45. The Hall–Kier alpha value is -1.31. The zero-order valence-corrected chi connectivity index (χ0v) is 15.4. The highest BCUT2D eigenvalue weighted by Gasteiger charge is 2.26. The van der Waals surface area contributed by atoms with E-state index in [1.165, 1.54) is 0 Å². The van der Waals surface area contributed by atoms with Gasteiger partial charge in [-0.15, -0.1) is 0 Å². The molecule has 1 aromatic rings. The first-order valence-corrected chi connectivity index (χ1v) is 10.4. The third kappa shape index (κ3) is 6.30. The molecule has 2 rings (SSSR count). The Balaban J connectivity index is 1.83. The van der Waals surface area contributed by atoms with Gasteiger partial charge in [0.1, 0.15) is 0 Å². The van der Waals surface area contributed by atoms with Gasteiger partial charge in [-0.25, -0.2) is 17.9 Å². The molecule has 24 heavy (non-hydrogen) atoms. The van der Waals surface area contributed by atoms with E-state index < -0.39 is 10.0 Å². The first kappa shape index (κ1) is 19.0. The van der Waals surface area contributed by atoms with Crippen molar-refractivity contribution in [3.8, 4) is 0 Å². The Morgan fingerprint density at radius 1 is 1.29 bits per heavy atom. The van der Waals surface area contributed by atoms with Gasteiger partial charge in [0.05, 0.1) is 6.26 Å². The number of sulfonamides is 1. The van der Waals surface area contributed by atoms with Crippen LogP contribution in [0.4, 0.5) is 4.79 Å². The minimum atomic E-state index is -3.25. The number of piperidine rings is 1. The van der Waals surface area contributed by atoms with Crippen LogP contribution in [0.1, 0.15) is 24.8 Å². The van der Waals surface area contributed by atoms with Gasteiger partial charge in [0, 0.05) is 30.7 Å². The minimum Gasteiger partial charge on any atom is -0.338 e. The normalized spacial score (nSPS) is 18.4. The van der Waals surface area contributed by atoms with E-state index in [0.717, 1.165) is 37.5 Å². The number of nitrogens with zero attached hydrogens (tertiary/aromatic N) is 1. The van der Waals surface area contributed by atoms with Crippen molar-refractivity contribution < 1.29 is 13.2 Å². The summed E-state index contributed by atoms with van der Waals surface area (Å²) < 4.78 is 25.0. The standard InChI is InChI=1S/C16H24ClN3O3S/c1-24(22,23)19-12-15-4-2-3-11-20(15)16(21)18-10-9-13-5-7-14(17)8-6-13/h5-8,15,19H,2-4,9-12H2,1H3,(H,18,21). The Morgan fingerprint density at radius 2 is 2.00 bits per heavy atom. The lowest BCUT2D eigenvalue weighted by Crippen LogP contribution is -2.52. The summed E-state index contributed by atoms with van der Waals surface area (Å²) in [5.41, 5.74) is 1.11. The van der Waals surface area contributed by atoms with E-state index in [9.17, 15) is 13.2 Å². The van der Waals surface area contributed by atoms with Crippen molar-refractivity contribution in [2.45, 2.75) is 31.7 Å². The fraction of sp³-hybridized carbons (Fsp3) is 0.562. The highest BCUT2D eigenvalue weighted by Crippen LogP contribution is 2.17. The number of halogens is 1. The summed E-state index contributed by atoms with van der Waals surface area (Å²) in [4.78, 5) is 14.1. The number of hydrogen-bond donors (Lipinski definition) is 2. The average molecular weight is 374 g/mol. The van der Waals surface area contributed by atoms with Gasteiger partial charge >= 0.3 is 6.03 Å². The maximum Gasteiger partial charge on any atom is 0.317 e. The van der Waals surface area contributed by atoms with Crippen molar-refractivity contribution >= 4 is 27.7 Å². The van der Waals surface area contributed by atoms with Crippen molar-refractivity contribution in [3.05, 3.63) is 34.9 Å². The molecule has 0 bridgehead atoms. The van der Waals surface area contributed by atoms with Crippen LogP contribution in [0.25, 0.3) is 0 Å². The molecule has 1 aromatic carbocycles. The quantitative estimate of drug-likeness (QED) is 0.800. The van der Waals surface area contributed by atoms with E-state index in [0.29, 0.717) is 18.1 Å². The van der Waals surface area contributed by atoms with Gasteiger partial charge in [-0.1, -0.05) is 23.7 Å². The van der Waals surface area contributed by atoms with Crippen LogP contribution < -0.4 is 10.0 Å². The van der Waals surface area contributed by atoms with E-state index >= 15 is 0 Å². The fourth-order valence-corrected chi connectivity index (χ4v) is 3.42. The number of amides is 2. The van der Waals surface area contributed by atoms with Gasteiger partial charge in [-0.3, -0.25) is 0 Å². The van der Waals surface area contributed by atoms with E-state index in [1.807, 2.05) is 24.3 Å². The van der Waals surface area contributed by atoms with Gasteiger partial charge in [0.15, 0.2) is 0 Å². The molecule has 1 aliphatic heterocycles. The molecule has 0 spiro atoms. The first-order chi connectivity index (χ1) is 11.3. The summed E-state index contributed by atoms with van der Waals surface area (Å²) in [6.07, 6.45) is 4.62. The van der Waals surface area contributed by atoms with E-state index in [-0.39, 0.29) is 18.6 Å². The lowest BCUT2D eigenvalue weighted by molar-refractivity contribution is 0.152. The molecule has 134 valence electrons. The SMILES string of the molecule is CS(=O)(=O)NCC1CCCCN1C(=O)NCCc1ccc(Cl)cc1. The molecule has 8 heteroatoms. The van der Waals surface area contributed by atoms with Crippen LogP contribution in [-0.4, -0.2) is 51.3 Å². The van der Waals surface area contributed by atoms with Crippen LogP contribution in [0.3, 0.4) is 0 Å². The Morgan fingerprint density at radius 3 is 2.67 bits per heavy atom. The Bertz CT molecular complexity index is 649. The fourth-order valence-electron chi connectivity index (χ4n) is 2.79. The molecule has 1 fully saturated rings. The number of rotatable bonds is 6. The number of urea groups is 1. The summed E-state index contributed by atoms with van der Waals surface area (Å²) in [5, 5.41) is 3.61. The Kier molecular flexibility index (Phi) is 6.89. The third-order valence-electron chi connectivity index (χ3n) is 4.07. The molecular formula is C16H24ClN3O3S. The predicted octanol–water partition coefficient (Wildman–Crippen LogP) is 2.00. The summed E-state index contributed by atoms with van der Waals surface area (Å²) in [5.74, 6) is 0. The topological polar surface area (TPSA) is 78.5 Å². The molecule has 0 radical (unpaired) electrons. The van der Waals surface area contributed by atoms with E-state index in [2.05, 4.69) is 10.0 Å². The molecule has 1 aliphatic rings. The van der Waals surface area contributed by atoms with Crippen molar-refractivity contribution in [2.24, 2.45) is 0 Å². The zero-order chi connectivity index (χ0) is 17.6. The number of hydrogen-bond acceptors (Lipinski definition) is 3. The van der Waals surface area contributed by atoms with Crippen LogP contribution in [-0.2, 0) is 16.4 Å². The molecule has 0 saturated carbocycles. The molecule has 0 aromatic heterocycles. The van der Waals surface area contributed by atoms with Gasteiger partial charge < -0.3 is 10.2 Å². The van der Waals surface area contributed by atoms with Gasteiger partial charge in [0.2, 0.25) is 10.0 Å². The van der Waals surface area contributed by atoms with Crippen LogP contribution >= 0.6 is 11.6 Å². The van der Waals surface area contributed by atoms with Gasteiger partial charge in [-0.2, -0.15) is 0 Å². The number of benzene rings is 1. The van der Waals surface area contributed by atoms with E-state index in [1.54, 1.807) is 4.90 Å². The second-order valence-electron chi connectivity index (χ2n) is 6.07. The largest absolute Gasteiger partial charge is 0.338 e. The number of carbonyl (C=O) groups excluding carboxylic acids is 1. The maximum absolute atomic E-state index is 12.4. The van der Waals surface area contributed by atoms with Gasteiger partial charge in [-0.05, 0) is 43.4 Å². The molecule has 2 N–H and O–H groups in total. The maximum atomic E-state index is 12.4. The zero-order valence-electron chi connectivity index (χ0n) is 13.8. The minimum absolute atomic E-state index is 0.0935. The lowest BCUT2D eigenvalue weighted by atomic mass is 10.0. The lowest BCUT2D eigenvalue weighted by Gasteiger charge is -2.35. The van der Waals surface area contributed by atoms with Crippen LogP contribution in [0, 0.1) is 0 Å². The molecule has 1 saturated heterocycles. The van der Waals surface area contributed by atoms with Crippen LogP contribution in [0.2, 0.25) is 5.02 Å². The third-order valence-corrected chi connectivity index (χ3v) is 5.02. The molecule has 1 unspecified atom stereocenters. The number of likely N-dealkylation sites (tertiary alicyclic amines) is 1. The number of carbonyl (C=O) groups is 1. The van der Waals surface area contributed by atoms with Crippen LogP contribution in [0.5, 0.6) is 0 Å². The summed E-state index contributed by atoms with van der Waals surface area (Å²) in [6, 6.07) is 7.31. The monoisotopic (exact) mass is 373 g/mol. The molecule has 0 aliphatic carbocycles. The van der Waals surface area contributed by atoms with Crippen molar-refractivity contribution in [1.82, 2.24) is 14.9 Å². The average Bonchev–Trinajstić information content (AvgIpc) is 2.54.